The van der Waals surface area contributed by atoms with Crippen LogP contribution in [0.1, 0.15) is 29.5 Å². The molecule has 0 aliphatic carbocycles. The average Bonchev–Trinajstić information content (AvgIpc) is 2.61. The zero-order chi connectivity index (χ0) is 17.1. The Morgan fingerprint density at radius 1 is 1.12 bits per heavy atom. The van der Waals surface area contributed by atoms with Gasteiger partial charge in [-0.2, -0.15) is 0 Å². The highest BCUT2D eigenvalue weighted by molar-refractivity contribution is 5.83. The number of likely N-dealkylation sites (N-methyl/N-ethyl adjacent to an activating group) is 1. The largest absolute Gasteiger partial charge is 0.341 e. The summed E-state index contributed by atoms with van der Waals surface area (Å²) in [5.41, 5.74) is 4.27. The van der Waals surface area contributed by atoms with Crippen molar-refractivity contribution < 1.29 is 4.79 Å². The molecule has 2 aromatic carbocycles. The first-order valence-corrected chi connectivity index (χ1v) is 8.20. The molecule has 24 heavy (non-hydrogen) atoms. The molecule has 0 aliphatic heterocycles. The number of pyridine rings is 1. The van der Waals surface area contributed by atoms with Crippen molar-refractivity contribution in [3.63, 3.8) is 0 Å². The molecular formula is C21H22N2O. The number of rotatable bonds is 4. The van der Waals surface area contributed by atoms with E-state index in [1.165, 1.54) is 5.56 Å². The molecule has 3 nitrogen and oxygen atoms in total. The zero-order valence-corrected chi connectivity index (χ0v) is 14.4. The lowest BCUT2D eigenvalue weighted by molar-refractivity contribution is -0.131. The highest BCUT2D eigenvalue weighted by Crippen LogP contribution is 2.20. The van der Waals surface area contributed by atoms with Crippen LogP contribution in [0.3, 0.4) is 0 Å². The van der Waals surface area contributed by atoms with Crippen LogP contribution in [0.2, 0.25) is 0 Å². The second-order valence-electron chi connectivity index (χ2n) is 6.36. The smallest absolute Gasteiger partial charge is 0.229 e. The first-order chi connectivity index (χ1) is 11.5. The number of nitrogens with zero attached hydrogens (tertiary/aromatic N) is 2. The maximum atomic E-state index is 12.7. The summed E-state index contributed by atoms with van der Waals surface area (Å²) in [7, 11) is 1.85. The van der Waals surface area contributed by atoms with Gasteiger partial charge in [-0.3, -0.25) is 9.78 Å². The molecule has 0 N–H and O–H groups in total. The van der Waals surface area contributed by atoms with E-state index < -0.39 is 0 Å². The molecule has 0 aliphatic rings. The van der Waals surface area contributed by atoms with Crippen LogP contribution >= 0.6 is 0 Å². The molecule has 0 saturated carbocycles. The highest BCUT2D eigenvalue weighted by Gasteiger charge is 2.19. The van der Waals surface area contributed by atoms with Crippen LogP contribution < -0.4 is 0 Å². The van der Waals surface area contributed by atoms with E-state index in [2.05, 4.69) is 18.0 Å². The third-order valence-electron chi connectivity index (χ3n) is 4.39. The molecule has 3 heteroatoms. The minimum absolute atomic E-state index is 0.118. The van der Waals surface area contributed by atoms with Gasteiger partial charge in [0, 0.05) is 25.2 Å². The van der Waals surface area contributed by atoms with Crippen LogP contribution in [0.4, 0.5) is 0 Å². The Bertz CT molecular complexity index is 855. The van der Waals surface area contributed by atoms with Gasteiger partial charge < -0.3 is 4.90 Å². The molecule has 3 rings (SSSR count). The van der Waals surface area contributed by atoms with E-state index in [0.717, 1.165) is 22.0 Å². The third kappa shape index (κ3) is 3.46. The van der Waals surface area contributed by atoms with Crippen LogP contribution in [0.25, 0.3) is 10.9 Å². The molecule has 0 saturated heterocycles. The first-order valence-electron chi connectivity index (χ1n) is 8.20. The van der Waals surface area contributed by atoms with Crippen LogP contribution in [-0.4, -0.2) is 22.8 Å². The normalized spacial score (nSPS) is 12.1. The van der Waals surface area contributed by atoms with Crippen molar-refractivity contribution in [2.45, 2.75) is 26.3 Å². The number of benzene rings is 2. The Kier molecular flexibility index (Phi) is 4.61. The number of hydrogen-bond donors (Lipinski definition) is 0. The lowest BCUT2D eigenvalue weighted by atomic mass is 9.98. The number of aromatic nitrogens is 1. The van der Waals surface area contributed by atoms with Gasteiger partial charge >= 0.3 is 0 Å². The monoisotopic (exact) mass is 318 g/mol. The molecule has 1 aromatic heterocycles. The molecule has 0 fully saturated rings. The van der Waals surface area contributed by atoms with E-state index in [1.54, 1.807) is 4.90 Å². The van der Waals surface area contributed by atoms with E-state index in [9.17, 15) is 4.79 Å². The number of hydrogen-bond acceptors (Lipinski definition) is 2. The lowest BCUT2D eigenvalue weighted by Gasteiger charge is -2.22. The minimum atomic E-state index is -0.149. The summed E-state index contributed by atoms with van der Waals surface area (Å²) in [6, 6.07) is 18.3. The summed E-state index contributed by atoms with van der Waals surface area (Å²) in [5.74, 6) is -0.0315. The Labute approximate surface area is 143 Å². The topological polar surface area (TPSA) is 33.2 Å². The van der Waals surface area contributed by atoms with Gasteiger partial charge in [-0.15, -0.1) is 0 Å². The van der Waals surface area contributed by atoms with Crippen molar-refractivity contribution in [3.8, 4) is 0 Å². The summed E-state index contributed by atoms with van der Waals surface area (Å²) in [6.07, 6.45) is 1.85. The zero-order valence-electron chi connectivity index (χ0n) is 14.4. The number of aryl methyl sites for hydroxylation is 1. The second-order valence-corrected chi connectivity index (χ2v) is 6.36. The Morgan fingerprint density at radius 2 is 1.83 bits per heavy atom. The fourth-order valence-corrected chi connectivity index (χ4v) is 2.88. The van der Waals surface area contributed by atoms with E-state index in [-0.39, 0.29) is 11.8 Å². The fraction of sp³-hybridized carbons (Fsp3) is 0.238. The van der Waals surface area contributed by atoms with Crippen LogP contribution in [0.15, 0.2) is 60.8 Å². The van der Waals surface area contributed by atoms with E-state index in [4.69, 9.17) is 0 Å². The second kappa shape index (κ2) is 6.83. The maximum Gasteiger partial charge on any atom is 0.229 e. The van der Waals surface area contributed by atoms with Crippen LogP contribution in [0, 0.1) is 6.92 Å². The SMILES string of the molecule is Cc1ccc([C@H](C)C(=O)N(C)Cc2cnc3ccccc3c2)cc1. The molecule has 0 unspecified atom stereocenters. The first kappa shape index (κ1) is 16.2. The molecule has 1 heterocycles. The minimum Gasteiger partial charge on any atom is -0.341 e. The average molecular weight is 318 g/mol. The van der Waals surface area contributed by atoms with Crippen molar-refractivity contribution in [2.75, 3.05) is 7.05 Å². The fourth-order valence-electron chi connectivity index (χ4n) is 2.88. The molecule has 122 valence electrons. The molecule has 1 atom stereocenters. The number of fused-ring (bicyclic) bond motifs is 1. The van der Waals surface area contributed by atoms with Crippen molar-refractivity contribution in [1.82, 2.24) is 9.88 Å². The van der Waals surface area contributed by atoms with Gasteiger partial charge in [-0.05, 0) is 37.1 Å². The molecule has 0 spiro atoms. The number of para-hydroxylation sites is 1. The number of amides is 1. The predicted octanol–water partition coefficient (Wildman–Crippen LogP) is 4.31. The molecule has 0 radical (unpaired) electrons. The number of carbonyl (C=O) groups is 1. The predicted molar refractivity (Wildman–Crippen MR) is 97.8 cm³/mol. The summed E-state index contributed by atoms with van der Waals surface area (Å²) >= 11 is 0. The summed E-state index contributed by atoms with van der Waals surface area (Å²) in [4.78, 5) is 18.9. The van der Waals surface area contributed by atoms with Gasteiger partial charge in [0.1, 0.15) is 0 Å². The van der Waals surface area contributed by atoms with Crippen LogP contribution in [0.5, 0.6) is 0 Å². The molecule has 1 amide bonds. The summed E-state index contributed by atoms with van der Waals surface area (Å²) in [5, 5.41) is 1.10. The van der Waals surface area contributed by atoms with Gasteiger partial charge in [-0.25, -0.2) is 0 Å². The summed E-state index contributed by atoms with van der Waals surface area (Å²) in [6.45, 7) is 4.57. The number of carbonyl (C=O) groups excluding carboxylic acids is 1. The lowest BCUT2D eigenvalue weighted by Crippen LogP contribution is -2.30. The van der Waals surface area contributed by atoms with E-state index in [0.29, 0.717) is 6.54 Å². The maximum absolute atomic E-state index is 12.7. The molecule has 3 aromatic rings. The van der Waals surface area contributed by atoms with Gasteiger partial charge in [0.15, 0.2) is 0 Å². The molecular weight excluding hydrogens is 296 g/mol. The van der Waals surface area contributed by atoms with Gasteiger partial charge in [-0.1, -0.05) is 48.0 Å². The van der Waals surface area contributed by atoms with Gasteiger partial charge in [0.05, 0.1) is 11.4 Å². The van der Waals surface area contributed by atoms with Crippen molar-refractivity contribution >= 4 is 16.8 Å². The summed E-state index contributed by atoms with van der Waals surface area (Å²) < 4.78 is 0. The Morgan fingerprint density at radius 3 is 2.58 bits per heavy atom. The van der Waals surface area contributed by atoms with Crippen molar-refractivity contribution in [3.05, 3.63) is 77.5 Å². The van der Waals surface area contributed by atoms with Crippen LogP contribution in [-0.2, 0) is 11.3 Å². The Balaban J connectivity index is 1.73. The van der Waals surface area contributed by atoms with E-state index in [1.807, 2.05) is 68.7 Å². The highest BCUT2D eigenvalue weighted by atomic mass is 16.2. The van der Waals surface area contributed by atoms with Gasteiger partial charge in [0.2, 0.25) is 5.91 Å². The Hall–Kier alpha value is -2.68. The standard InChI is InChI=1S/C21H22N2O/c1-15-8-10-18(11-9-15)16(2)21(24)23(3)14-17-12-19-6-4-5-7-20(19)22-13-17/h4-13,16H,14H2,1-3H3/t16-/m0/s1. The quantitative estimate of drug-likeness (QED) is 0.718. The van der Waals surface area contributed by atoms with Crippen molar-refractivity contribution in [2.24, 2.45) is 0 Å². The van der Waals surface area contributed by atoms with Gasteiger partial charge in [0.25, 0.3) is 0 Å². The third-order valence-corrected chi connectivity index (χ3v) is 4.39. The van der Waals surface area contributed by atoms with Crippen molar-refractivity contribution in [1.29, 1.82) is 0 Å². The van der Waals surface area contributed by atoms with E-state index >= 15 is 0 Å². The molecule has 0 bridgehead atoms.